The Morgan fingerprint density at radius 3 is 2.39 bits per heavy atom. The molecule has 1 aromatic carbocycles. The zero-order chi connectivity index (χ0) is 13.9. The molecule has 1 aromatic rings. The van der Waals surface area contributed by atoms with Crippen molar-refractivity contribution in [2.24, 2.45) is 0 Å². The second-order valence-electron chi connectivity index (χ2n) is 5.65. The highest BCUT2D eigenvalue weighted by atomic mass is 79.9. The molecule has 1 rings (SSSR count). The van der Waals surface area contributed by atoms with Crippen molar-refractivity contribution in [3.8, 4) is 5.75 Å². The fraction of sp³-hybridized carbons (Fsp3) is 0.467. The molecule has 0 atom stereocenters. The third kappa shape index (κ3) is 3.48. The van der Waals surface area contributed by atoms with E-state index in [9.17, 15) is 0 Å². The molecule has 0 saturated heterocycles. The molecular formula is C15H22BrOSi. The predicted molar refractivity (Wildman–Crippen MR) is 85.7 cm³/mol. The second kappa shape index (κ2) is 6.07. The zero-order valence-electron chi connectivity index (χ0n) is 11.9. The SMILES string of the molecule is C=CCOc1c(Br)ccc([Si](C)C)c1C(C)(C)C. The molecule has 3 heteroatoms. The van der Waals surface area contributed by atoms with Crippen LogP contribution in [0.3, 0.4) is 0 Å². The summed E-state index contributed by atoms with van der Waals surface area (Å²) in [7, 11) is -0.514. The van der Waals surface area contributed by atoms with Gasteiger partial charge in [-0.15, -0.1) is 0 Å². The summed E-state index contributed by atoms with van der Waals surface area (Å²) in [5.41, 5.74) is 1.41. The Hall–Kier alpha value is -0.543. The molecule has 0 N–H and O–H groups in total. The van der Waals surface area contributed by atoms with E-state index in [4.69, 9.17) is 4.74 Å². The van der Waals surface area contributed by atoms with Gasteiger partial charge in [-0.1, -0.05) is 57.8 Å². The van der Waals surface area contributed by atoms with Gasteiger partial charge in [-0.05, 0) is 33.0 Å². The van der Waals surface area contributed by atoms with Crippen molar-refractivity contribution in [3.05, 3.63) is 34.8 Å². The van der Waals surface area contributed by atoms with E-state index in [1.54, 1.807) is 6.08 Å². The van der Waals surface area contributed by atoms with Crippen LogP contribution in [0.5, 0.6) is 5.75 Å². The molecule has 1 radical (unpaired) electrons. The van der Waals surface area contributed by atoms with Crippen LogP contribution in [0.1, 0.15) is 26.3 Å². The molecule has 0 aliphatic carbocycles. The zero-order valence-corrected chi connectivity index (χ0v) is 14.5. The van der Waals surface area contributed by atoms with Gasteiger partial charge in [0.1, 0.15) is 12.4 Å². The van der Waals surface area contributed by atoms with Crippen molar-refractivity contribution < 1.29 is 4.74 Å². The lowest BCUT2D eigenvalue weighted by molar-refractivity contribution is 0.349. The Balaban J connectivity index is 3.45. The van der Waals surface area contributed by atoms with E-state index in [0.717, 1.165) is 10.2 Å². The Morgan fingerprint density at radius 2 is 1.94 bits per heavy atom. The number of ether oxygens (including phenoxy) is 1. The summed E-state index contributed by atoms with van der Waals surface area (Å²) in [6.45, 7) is 15.6. The summed E-state index contributed by atoms with van der Waals surface area (Å²) >= 11 is 3.61. The van der Waals surface area contributed by atoms with Crippen molar-refractivity contribution in [2.75, 3.05) is 6.61 Å². The first-order valence-corrected chi connectivity index (χ1v) is 9.45. The maximum atomic E-state index is 5.89. The number of hydrogen-bond acceptors (Lipinski definition) is 1. The van der Waals surface area contributed by atoms with Crippen molar-refractivity contribution >= 4 is 29.9 Å². The minimum Gasteiger partial charge on any atom is -0.488 e. The Labute approximate surface area is 121 Å². The lowest BCUT2D eigenvalue weighted by atomic mass is 9.86. The molecule has 0 amide bonds. The van der Waals surface area contributed by atoms with E-state index in [2.05, 4.69) is 68.5 Å². The molecule has 18 heavy (non-hydrogen) atoms. The number of rotatable bonds is 4. The van der Waals surface area contributed by atoms with Crippen molar-refractivity contribution in [1.29, 1.82) is 0 Å². The maximum absolute atomic E-state index is 5.89. The standard InChI is InChI=1S/C15H22BrOSi/c1-7-10-17-14-11(16)8-9-12(18(5)6)13(14)15(2,3)4/h7-9H,1,10H2,2-6H3. The van der Waals surface area contributed by atoms with Gasteiger partial charge in [0, 0.05) is 0 Å². The Bertz CT molecular complexity index is 433. The number of hydrogen-bond donors (Lipinski definition) is 0. The van der Waals surface area contributed by atoms with E-state index < -0.39 is 8.80 Å². The third-order valence-corrected chi connectivity index (χ3v) is 4.86. The molecule has 0 unspecified atom stereocenters. The van der Waals surface area contributed by atoms with E-state index in [0.29, 0.717) is 6.61 Å². The van der Waals surface area contributed by atoms with Crippen LogP contribution < -0.4 is 9.92 Å². The normalized spacial score (nSPS) is 11.7. The van der Waals surface area contributed by atoms with Crippen LogP contribution in [0.25, 0.3) is 0 Å². The van der Waals surface area contributed by atoms with Crippen molar-refractivity contribution in [3.63, 3.8) is 0 Å². The van der Waals surface area contributed by atoms with Gasteiger partial charge in [-0.25, -0.2) is 0 Å². The largest absolute Gasteiger partial charge is 0.488 e. The lowest BCUT2D eigenvalue weighted by Crippen LogP contribution is -2.33. The molecule has 0 heterocycles. The van der Waals surface area contributed by atoms with Gasteiger partial charge in [0.25, 0.3) is 0 Å². The van der Waals surface area contributed by atoms with E-state index in [1.165, 1.54) is 10.8 Å². The van der Waals surface area contributed by atoms with Crippen molar-refractivity contribution in [1.82, 2.24) is 0 Å². The van der Waals surface area contributed by atoms with Crippen LogP contribution in [0.4, 0.5) is 0 Å². The van der Waals surface area contributed by atoms with Gasteiger partial charge in [-0.3, -0.25) is 0 Å². The van der Waals surface area contributed by atoms with Gasteiger partial charge in [-0.2, -0.15) is 0 Å². The predicted octanol–water partition coefficient (Wildman–Crippen LogP) is 4.27. The van der Waals surface area contributed by atoms with Gasteiger partial charge < -0.3 is 4.74 Å². The highest BCUT2D eigenvalue weighted by Crippen LogP contribution is 2.36. The molecule has 0 aromatic heterocycles. The van der Waals surface area contributed by atoms with Gasteiger partial charge in [0.2, 0.25) is 0 Å². The van der Waals surface area contributed by atoms with Crippen LogP contribution in [0.2, 0.25) is 13.1 Å². The van der Waals surface area contributed by atoms with Crippen LogP contribution >= 0.6 is 15.9 Å². The number of halogens is 1. The molecule has 0 bridgehead atoms. The molecule has 0 fully saturated rings. The molecule has 1 nitrogen and oxygen atoms in total. The molecule has 0 aliphatic heterocycles. The van der Waals surface area contributed by atoms with Gasteiger partial charge in [0.05, 0.1) is 13.3 Å². The molecule has 0 spiro atoms. The summed E-state index contributed by atoms with van der Waals surface area (Å²) in [5, 5.41) is 1.45. The highest BCUT2D eigenvalue weighted by Gasteiger charge is 2.26. The molecule has 0 aliphatic rings. The Morgan fingerprint density at radius 1 is 1.33 bits per heavy atom. The van der Waals surface area contributed by atoms with E-state index in [-0.39, 0.29) is 5.41 Å². The third-order valence-electron chi connectivity index (χ3n) is 2.74. The summed E-state index contributed by atoms with van der Waals surface area (Å²) < 4.78 is 6.91. The highest BCUT2D eigenvalue weighted by molar-refractivity contribution is 9.10. The van der Waals surface area contributed by atoms with Gasteiger partial charge in [0.15, 0.2) is 0 Å². The average Bonchev–Trinajstić information content (AvgIpc) is 2.25. The summed E-state index contributed by atoms with van der Waals surface area (Å²) in [5.74, 6) is 0.978. The minimum absolute atomic E-state index is 0.0809. The first-order valence-electron chi connectivity index (χ1n) is 6.16. The maximum Gasteiger partial charge on any atom is 0.137 e. The monoisotopic (exact) mass is 325 g/mol. The van der Waals surface area contributed by atoms with Crippen LogP contribution in [-0.4, -0.2) is 15.4 Å². The first kappa shape index (κ1) is 15.5. The molecular weight excluding hydrogens is 304 g/mol. The fourth-order valence-electron chi connectivity index (χ4n) is 2.00. The first-order chi connectivity index (χ1) is 8.29. The van der Waals surface area contributed by atoms with E-state index >= 15 is 0 Å². The quantitative estimate of drug-likeness (QED) is 0.593. The van der Waals surface area contributed by atoms with E-state index in [1.807, 2.05) is 0 Å². The minimum atomic E-state index is -0.514. The Kier molecular flexibility index (Phi) is 5.23. The summed E-state index contributed by atoms with van der Waals surface area (Å²) in [6.07, 6.45) is 1.79. The smallest absolute Gasteiger partial charge is 0.137 e. The second-order valence-corrected chi connectivity index (χ2v) is 9.04. The molecule has 99 valence electrons. The summed E-state index contributed by atoms with van der Waals surface area (Å²) in [6, 6.07) is 4.33. The fourth-order valence-corrected chi connectivity index (χ4v) is 3.85. The lowest BCUT2D eigenvalue weighted by Gasteiger charge is -2.28. The summed E-state index contributed by atoms with van der Waals surface area (Å²) in [4.78, 5) is 0. The average molecular weight is 326 g/mol. The van der Waals surface area contributed by atoms with Crippen LogP contribution in [0, 0.1) is 0 Å². The topological polar surface area (TPSA) is 9.23 Å². The molecule has 0 saturated carbocycles. The van der Waals surface area contributed by atoms with Crippen LogP contribution in [-0.2, 0) is 5.41 Å². The number of benzene rings is 1. The van der Waals surface area contributed by atoms with Crippen molar-refractivity contribution in [2.45, 2.75) is 39.3 Å². The van der Waals surface area contributed by atoms with Gasteiger partial charge >= 0.3 is 0 Å². The van der Waals surface area contributed by atoms with Crippen LogP contribution in [0.15, 0.2) is 29.3 Å².